The van der Waals surface area contributed by atoms with E-state index in [0.717, 1.165) is 31.1 Å². The van der Waals surface area contributed by atoms with Crippen LogP contribution in [0.4, 0.5) is 0 Å². The number of para-hydroxylation sites is 1. The van der Waals surface area contributed by atoms with Gasteiger partial charge in [-0.25, -0.2) is 0 Å². The maximum absolute atomic E-state index is 12.4. The first-order chi connectivity index (χ1) is 9.57. The van der Waals surface area contributed by atoms with Crippen molar-refractivity contribution in [3.63, 3.8) is 0 Å². The van der Waals surface area contributed by atoms with Gasteiger partial charge in [-0.3, -0.25) is 4.79 Å². The maximum atomic E-state index is 12.4. The summed E-state index contributed by atoms with van der Waals surface area (Å²) in [5.74, 6) is 0.338. The van der Waals surface area contributed by atoms with Crippen molar-refractivity contribution < 1.29 is 9.21 Å². The Hall–Kier alpha value is -1.32. The Morgan fingerprint density at radius 2 is 2.05 bits per heavy atom. The monoisotopic (exact) mass is 291 g/mol. The maximum Gasteiger partial charge on any atom is 0.199 e. The molecule has 0 spiro atoms. The number of hydrogen-bond donors (Lipinski definition) is 1. The Morgan fingerprint density at radius 1 is 1.30 bits per heavy atom. The second kappa shape index (κ2) is 5.23. The molecule has 3 nitrogen and oxygen atoms in total. The van der Waals surface area contributed by atoms with Gasteiger partial charge >= 0.3 is 0 Å². The molecular weight excluding hydrogens is 274 g/mol. The molecule has 0 unspecified atom stereocenters. The van der Waals surface area contributed by atoms with Crippen LogP contribution in [0, 0.1) is 0 Å². The highest BCUT2D eigenvalue weighted by Gasteiger charge is 2.31. The third kappa shape index (κ3) is 2.60. The van der Waals surface area contributed by atoms with E-state index in [2.05, 4.69) is 0 Å². The molecular formula is C16H18ClNO2. The van der Waals surface area contributed by atoms with E-state index in [1.54, 1.807) is 12.1 Å². The van der Waals surface area contributed by atoms with Gasteiger partial charge in [-0.1, -0.05) is 43.0 Å². The van der Waals surface area contributed by atoms with Crippen molar-refractivity contribution in [1.82, 2.24) is 0 Å². The van der Waals surface area contributed by atoms with Crippen molar-refractivity contribution in [3.05, 3.63) is 35.0 Å². The van der Waals surface area contributed by atoms with Gasteiger partial charge in [-0.2, -0.15) is 0 Å². The zero-order valence-electron chi connectivity index (χ0n) is 11.3. The molecule has 1 aromatic heterocycles. The molecule has 1 fully saturated rings. The SMILES string of the molecule is NC1(CC(=O)c2cc3cccc(Cl)c3o2)CCCCC1. The van der Waals surface area contributed by atoms with Gasteiger partial charge in [0, 0.05) is 17.3 Å². The average Bonchev–Trinajstić information content (AvgIpc) is 2.85. The summed E-state index contributed by atoms with van der Waals surface area (Å²) in [6.45, 7) is 0. The highest BCUT2D eigenvalue weighted by Crippen LogP contribution is 2.32. The fourth-order valence-corrected chi connectivity index (χ4v) is 3.22. The van der Waals surface area contributed by atoms with E-state index in [1.807, 2.05) is 12.1 Å². The van der Waals surface area contributed by atoms with Crippen molar-refractivity contribution in [2.75, 3.05) is 0 Å². The number of halogens is 1. The first kappa shape index (κ1) is 13.7. The predicted octanol–water partition coefficient (Wildman–Crippen LogP) is 4.32. The molecule has 0 saturated heterocycles. The summed E-state index contributed by atoms with van der Waals surface area (Å²) in [5, 5.41) is 1.39. The first-order valence-electron chi connectivity index (χ1n) is 7.08. The molecule has 1 heterocycles. The number of carbonyl (C=O) groups is 1. The van der Waals surface area contributed by atoms with E-state index in [9.17, 15) is 4.79 Å². The molecule has 2 aromatic rings. The second-order valence-electron chi connectivity index (χ2n) is 5.79. The molecule has 4 heteroatoms. The zero-order valence-corrected chi connectivity index (χ0v) is 12.1. The van der Waals surface area contributed by atoms with Crippen molar-refractivity contribution in [2.45, 2.75) is 44.1 Å². The quantitative estimate of drug-likeness (QED) is 0.857. The number of nitrogens with two attached hydrogens (primary N) is 1. The number of hydrogen-bond acceptors (Lipinski definition) is 3. The molecule has 0 aliphatic heterocycles. The molecule has 3 rings (SSSR count). The number of carbonyl (C=O) groups excluding carboxylic acids is 1. The highest BCUT2D eigenvalue weighted by atomic mass is 35.5. The summed E-state index contributed by atoms with van der Waals surface area (Å²) >= 11 is 6.06. The van der Waals surface area contributed by atoms with Gasteiger partial charge in [-0.05, 0) is 25.0 Å². The third-order valence-electron chi connectivity index (χ3n) is 4.13. The number of benzene rings is 1. The Morgan fingerprint density at radius 3 is 2.75 bits per heavy atom. The molecule has 106 valence electrons. The van der Waals surface area contributed by atoms with Crippen LogP contribution in [-0.2, 0) is 0 Å². The van der Waals surface area contributed by atoms with Crippen LogP contribution in [0.3, 0.4) is 0 Å². The summed E-state index contributed by atoms with van der Waals surface area (Å²) in [7, 11) is 0. The van der Waals surface area contributed by atoms with Gasteiger partial charge in [0.1, 0.15) is 0 Å². The molecule has 0 amide bonds. The van der Waals surface area contributed by atoms with Crippen LogP contribution < -0.4 is 5.73 Å². The van der Waals surface area contributed by atoms with E-state index < -0.39 is 0 Å². The Balaban J connectivity index is 1.83. The molecule has 0 atom stereocenters. The van der Waals surface area contributed by atoms with Crippen LogP contribution in [-0.4, -0.2) is 11.3 Å². The lowest BCUT2D eigenvalue weighted by Crippen LogP contribution is -2.43. The van der Waals surface area contributed by atoms with Crippen LogP contribution in [0.5, 0.6) is 0 Å². The van der Waals surface area contributed by atoms with E-state index in [4.69, 9.17) is 21.8 Å². The summed E-state index contributed by atoms with van der Waals surface area (Å²) in [6, 6.07) is 7.25. The fourth-order valence-electron chi connectivity index (χ4n) is 3.00. The van der Waals surface area contributed by atoms with Crippen molar-refractivity contribution in [1.29, 1.82) is 0 Å². The number of fused-ring (bicyclic) bond motifs is 1. The summed E-state index contributed by atoms with van der Waals surface area (Å²) in [6.07, 6.45) is 5.61. The molecule has 1 aliphatic carbocycles. The zero-order chi connectivity index (χ0) is 14.2. The molecule has 1 aromatic carbocycles. The standard InChI is InChI=1S/C16H18ClNO2/c17-12-6-4-5-11-9-14(20-15(11)12)13(19)10-16(18)7-2-1-3-8-16/h4-6,9H,1-3,7-8,10,18H2. The Kier molecular flexibility index (Phi) is 3.57. The lowest BCUT2D eigenvalue weighted by Gasteiger charge is -2.32. The van der Waals surface area contributed by atoms with E-state index in [-0.39, 0.29) is 11.3 Å². The minimum absolute atomic E-state index is 0.0262. The number of rotatable bonds is 3. The van der Waals surface area contributed by atoms with Gasteiger partial charge in [0.2, 0.25) is 0 Å². The highest BCUT2D eigenvalue weighted by molar-refractivity contribution is 6.34. The van der Waals surface area contributed by atoms with E-state index >= 15 is 0 Å². The van der Waals surface area contributed by atoms with Crippen LogP contribution in [0.15, 0.2) is 28.7 Å². The van der Waals surface area contributed by atoms with Crippen molar-refractivity contribution in [2.24, 2.45) is 5.73 Å². The normalized spacial score (nSPS) is 18.3. The fraction of sp³-hybridized carbons (Fsp3) is 0.438. The molecule has 0 bridgehead atoms. The van der Waals surface area contributed by atoms with Crippen LogP contribution in [0.25, 0.3) is 11.0 Å². The summed E-state index contributed by atoms with van der Waals surface area (Å²) < 4.78 is 5.61. The lowest BCUT2D eigenvalue weighted by molar-refractivity contribution is 0.0909. The average molecular weight is 292 g/mol. The van der Waals surface area contributed by atoms with Crippen molar-refractivity contribution in [3.8, 4) is 0 Å². The van der Waals surface area contributed by atoms with Crippen LogP contribution in [0.1, 0.15) is 49.1 Å². The van der Waals surface area contributed by atoms with Crippen LogP contribution in [0.2, 0.25) is 5.02 Å². The van der Waals surface area contributed by atoms with Crippen LogP contribution >= 0.6 is 11.6 Å². The number of ketones is 1. The van der Waals surface area contributed by atoms with E-state index in [0.29, 0.717) is 22.8 Å². The minimum Gasteiger partial charge on any atom is -0.451 e. The molecule has 0 radical (unpaired) electrons. The second-order valence-corrected chi connectivity index (χ2v) is 6.20. The topological polar surface area (TPSA) is 56.2 Å². The molecule has 2 N–H and O–H groups in total. The summed E-state index contributed by atoms with van der Waals surface area (Å²) in [5.41, 5.74) is 6.55. The third-order valence-corrected chi connectivity index (χ3v) is 4.43. The Bertz CT molecular complexity index is 641. The number of Topliss-reactive ketones (excluding diaryl/α,β-unsaturated/α-hetero) is 1. The minimum atomic E-state index is -0.363. The number of furan rings is 1. The molecule has 20 heavy (non-hydrogen) atoms. The van der Waals surface area contributed by atoms with Gasteiger partial charge in [0.25, 0.3) is 0 Å². The van der Waals surface area contributed by atoms with E-state index in [1.165, 1.54) is 6.42 Å². The largest absolute Gasteiger partial charge is 0.451 e. The molecule has 1 aliphatic rings. The predicted molar refractivity (Wildman–Crippen MR) is 80.2 cm³/mol. The summed E-state index contributed by atoms with van der Waals surface area (Å²) in [4.78, 5) is 12.4. The molecule has 1 saturated carbocycles. The van der Waals surface area contributed by atoms with Gasteiger partial charge in [0.05, 0.1) is 5.02 Å². The smallest absolute Gasteiger partial charge is 0.199 e. The van der Waals surface area contributed by atoms with Gasteiger partial charge in [-0.15, -0.1) is 0 Å². The van der Waals surface area contributed by atoms with Crippen molar-refractivity contribution >= 4 is 28.4 Å². The Labute approximate surface area is 123 Å². The van der Waals surface area contributed by atoms with Gasteiger partial charge in [0.15, 0.2) is 17.1 Å². The lowest BCUT2D eigenvalue weighted by atomic mass is 9.79. The first-order valence-corrected chi connectivity index (χ1v) is 7.45. The van der Waals surface area contributed by atoms with Gasteiger partial charge < -0.3 is 10.2 Å².